The number of carbonyl (C=O) groups is 1. The highest BCUT2D eigenvalue weighted by Crippen LogP contribution is 2.24. The maximum Gasteiger partial charge on any atom is 0.255 e. The predicted molar refractivity (Wildman–Crippen MR) is 136 cm³/mol. The first kappa shape index (κ1) is 22.8. The summed E-state index contributed by atoms with van der Waals surface area (Å²) >= 11 is 0. The lowest BCUT2D eigenvalue weighted by molar-refractivity contribution is 0.102. The van der Waals surface area contributed by atoms with E-state index >= 15 is 0 Å². The fraction of sp³-hybridized carbons (Fsp3) is 0.0714. The molecule has 0 unspecified atom stereocenters. The number of ether oxygens (including phenoxy) is 2. The van der Waals surface area contributed by atoms with Crippen LogP contribution in [0.3, 0.4) is 0 Å². The first-order valence-electron chi connectivity index (χ1n) is 11.3. The number of benzene rings is 3. The molecule has 5 aromatic rings. The van der Waals surface area contributed by atoms with E-state index in [0.29, 0.717) is 34.4 Å². The molecule has 2 aromatic heterocycles. The summed E-state index contributed by atoms with van der Waals surface area (Å²) in [5, 5.41) is 15.6. The van der Waals surface area contributed by atoms with Gasteiger partial charge in [-0.2, -0.15) is 5.10 Å². The molecule has 0 saturated heterocycles. The summed E-state index contributed by atoms with van der Waals surface area (Å²) in [6.45, 7) is 3.89. The highest BCUT2D eigenvalue weighted by atomic mass is 16.5. The largest absolute Gasteiger partial charge is 0.457 e. The van der Waals surface area contributed by atoms with Crippen molar-refractivity contribution in [3.8, 4) is 28.9 Å². The van der Waals surface area contributed by atoms with E-state index in [1.54, 1.807) is 65.3 Å². The van der Waals surface area contributed by atoms with Crippen molar-refractivity contribution in [1.82, 2.24) is 20.0 Å². The number of nitrogens with zero attached hydrogens (tertiary/aromatic N) is 4. The monoisotopic (exact) mass is 477 g/mol. The Labute approximate surface area is 208 Å². The number of carbonyl (C=O) groups excluding carboxylic acids is 1. The van der Waals surface area contributed by atoms with E-state index in [2.05, 4.69) is 20.6 Å². The number of hydrogen-bond acceptors (Lipinski definition) is 6. The molecule has 3 aromatic carbocycles. The molecule has 0 bridgehead atoms. The van der Waals surface area contributed by atoms with Gasteiger partial charge in [0.15, 0.2) is 5.82 Å². The van der Waals surface area contributed by atoms with Gasteiger partial charge in [0, 0.05) is 23.0 Å². The summed E-state index contributed by atoms with van der Waals surface area (Å²) in [5.74, 6) is 2.72. The third kappa shape index (κ3) is 5.39. The fourth-order valence-corrected chi connectivity index (χ4v) is 3.57. The van der Waals surface area contributed by atoms with Gasteiger partial charge < -0.3 is 14.8 Å². The maximum absolute atomic E-state index is 12.6. The first-order valence-corrected chi connectivity index (χ1v) is 11.3. The van der Waals surface area contributed by atoms with E-state index in [-0.39, 0.29) is 5.91 Å². The Morgan fingerprint density at radius 2 is 1.42 bits per heavy atom. The summed E-state index contributed by atoms with van der Waals surface area (Å²) in [4.78, 5) is 12.6. The van der Waals surface area contributed by atoms with Crippen LogP contribution in [-0.4, -0.2) is 25.9 Å². The topological polar surface area (TPSA) is 91.2 Å². The molecule has 36 heavy (non-hydrogen) atoms. The third-order valence-corrected chi connectivity index (χ3v) is 5.28. The summed E-state index contributed by atoms with van der Waals surface area (Å²) in [7, 11) is 0. The Balaban J connectivity index is 1.18. The van der Waals surface area contributed by atoms with Crippen LogP contribution in [0.15, 0.2) is 97.1 Å². The quantitative estimate of drug-likeness (QED) is 0.304. The molecule has 8 heteroatoms. The van der Waals surface area contributed by atoms with E-state index < -0.39 is 0 Å². The van der Waals surface area contributed by atoms with Gasteiger partial charge in [-0.1, -0.05) is 18.2 Å². The maximum atomic E-state index is 12.6. The van der Waals surface area contributed by atoms with E-state index in [1.807, 2.05) is 50.2 Å². The van der Waals surface area contributed by atoms with E-state index in [9.17, 15) is 4.79 Å². The predicted octanol–water partition coefficient (Wildman–Crippen LogP) is 6.12. The number of anilines is 1. The highest BCUT2D eigenvalue weighted by molar-refractivity contribution is 6.04. The van der Waals surface area contributed by atoms with Crippen LogP contribution in [0.4, 0.5) is 5.69 Å². The SMILES string of the molecule is Cc1cc(C)n(-c2ccc(Oc3ccc(NC(=O)c4ccc(Oc5ccccc5)cc4)cc3)nn2)n1. The fourth-order valence-electron chi connectivity index (χ4n) is 3.57. The van der Waals surface area contributed by atoms with Gasteiger partial charge in [-0.25, -0.2) is 4.68 Å². The Bertz CT molecular complexity index is 1460. The Morgan fingerprint density at radius 1 is 0.750 bits per heavy atom. The summed E-state index contributed by atoms with van der Waals surface area (Å²) in [6.07, 6.45) is 0. The van der Waals surface area contributed by atoms with Gasteiger partial charge in [-0.05, 0) is 86.6 Å². The molecule has 0 aliphatic heterocycles. The molecular formula is C28H23N5O3. The van der Waals surface area contributed by atoms with Gasteiger partial charge >= 0.3 is 0 Å². The second-order valence-corrected chi connectivity index (χ2v) is 8.09. The molecule has 1 amide bonds. The summed E-state index contributed by atoms with van der Waals surface area (Å²) in [6, 6.07) is 29.0. The minimum Gasteiger partial charge on any atom is -0.457 e. The molecule has 0 atom stereocenters. The zero-order chi connectivity index (χ0) is 24.9. The Hall–Kier alpha value is -4.98. The smallest absolute Gasteiger partial charge is 0.255 e. The molecule has 0 fully saturated rings. The molecule has 0 aliphatic rings. The molecule has 5 rings (SSSR count). The number of amides is 1. The summed E-state index contributed by atoms with van der Waals surface area (Å²) < 4.78 is 13.3. The van der Waals surface area contributed by atoms with Crippen molar-refractivity contribution in [3.63, 3.8) is 0 Å². The van der Waals surface area contributed by atoms with Crippen molar-refractivity contribution in [1.29, 1.82) is 0 Å². The molecule has 0 saturated carbocycles. The number of aryl methyl sites for hydroxylation is 2. The zero-order valence-electron chi connectivity index (χ0n) is 19.8. The van der Waals surface area contributed by atoms with Gasteiger partial charge in [0.05, 0.1) is 5.69 Å². The minimum absolute atomic E-state index is 0.222. The number of nitrogens with one attached hydrogen (secondary N) is 1. The molecule has 0 radical (unpaired) electrons. The highest BCUT2D eigenvalue weighted by Gasteiger charge is 2.09. The number of para-hydroxylation sites is 1. The number of aromatic nitrogens is 4. The van der Waals surface area contributed by atoms with Gasteiger partial charge in [0.1, 0.15) is 17.2 Å². The van der Waals surface area contributed by atoms with Crippen LogP contribution >= 0.6 is 0 Å². The van der Waals surface area contributed by atoms with Crippen molar-refractivity contribution in [2.24, 2.45) is 0 Å². The minimum atomic E-state index is -0.222. The standard InChI is InChI=1S/C28H23N5O3/c1-19-18-20(2)33(32-19)26-16-17-27(31-30-26)36-25-14-10-22(11-15-25)29-28(34)21-8-12-24(13-9-21)35-23-6-4-3-5-7-23/h3-18H,1-2H3,(H,29,34). The Morgan fingerprint density at radius 3 is 2.06 bits per heavy atom. The summed E-state index contributed by atoms with van der Waals surface area (Å²) in [5.41, 5.74) is 3.05. The van der Waals surface area contributed by atoms with Crippen molar-refractivity contribution >= 4 is 11.6 Å². The number of hydrogen-bond donors (Lipinski definition) is 1. The van der Waals surface area contributed by atoms with Crippen LogP contribution in [0.25, 0.3) is 5.82 Å². The average molecular weight is 478 g/mol. The van der Waals surface area contributed by atoms with Crippen LogP contribution in [0.2, 0.25) is 0 Å². The van der Waals surface area contributed by atoms with E-state index in [1.165, 1.54) is 0 Å². The molecule has 0 spiro atoms. The molecule has 0 aliphatic carbocycles. The zero-order valence-corrected chi connectivity index (χ0v) is 19.8. The van der Waals surface area contributed by atoms with Crippen LogP contribution in [-0.2, 0) is 0 Å². The van der Waals surface area contributed by atoms with Crippen molar-refractivity contribution in [2.45, 2.75) is 13.8 Å². The molecule has 178 valence electrons. The van der Waals surface area contributed by atoms with Crippen LogP contribution < -0.4 is 14.8 Å². The second-order valence-electron chi connectivity index (χ2n) is 8.09. The lowest BCUT2D eigenvalue weighted by Crippen LogP contribution is -2.11. The molecule has 8 nitrogen and oxygen atoms in total. The van der Waals surface area contributed by atoms with Gasteiger partial charge in [-0.3, -0.25) is 4.79 Å². The molecule has 2 heterocycles. The molecular weight excluding hydrogens is 454 g/mol. The van der Waals surface area contributed by atoms with Crippen LogP contribution in [0, 0.1) is 13.8 Å². The number of rotatable bonds is 7. The lowest BCUT2D eigenvalue weighted by atomic mass is 10.2. The van der Waals surface area contributed by atoms with E-state index in [0.717, 1.165) is 17.1 Å². The van der Waals surface area contributed by atoms with Crippen LogP contribution in [0.5, 0.6) is 23.1 Å². The second kappa shape index (κ2) is 10.1. The van der Waals surface area contributed by atoms with Gasteiger partial charge in [0.2, 0.25) is 5.88 Å². The first-order chi connectivity index (χ1) is 17.5. The lowest BCUT2D eigenvalue weighted by Gasteiger charge is -2.09. The third-order valence-electron chi connectivity index (χ3n) is 5.28. The van der Waals surface area contributed by atoms with Crippen molar-refractivity contribution < 1.29 is 14.3 Å². The van der Waals surface area contributed by atoms with Gasteiger partial charge in [0.25, 0.3) is 5.91 Å². The van der Waals surface area contributed by atoms with Crippen molar-refractivity contribution in [3.05, 3.63) is 114 Å². The molecule has 1 N–H and O–H groups in total. The van der Waals surface area contributed by atoms with Crippen LogP contribution in [0.1, 0.15) is 21.7 Å². The normalized spacial score (nSPS) is 10.6. The van der Waals surface area contributed by atoms with E-state index in [4.69, 9.17) is 9.47 Å². The Kier molecular flexibility index (Phi) is 6.40. The van der Waals surface area contributed by atoms with Crippen molar-refractivity contribution in [2.75, 3.05) is 5.32 Å². The average Bonchev–Trinajstić information content (AvgIpc) is 3.24. The van der Waals surface area contributed by atoms with Gasteiger partial charge in [-0.15, -0.1) is 10.2 Å².